The maximum atomic E-state index is 11.7. The second-order valence-electron chi connectivity index (χ2n) is 5.57. The first-order valence-electron chi connectivity index (χ1n) is 6.48. The Balaban J connectivity index is 2.23. The van der Waals surface area contributed by atoms with Crippen LogP contribution in [0.1, 0.15) is 36.0 Å². The first-order valence-corrected chi connectivity index (χ1v) is 7.30. The number of ether oxygens (including phenoxy) is 1. The fourth-order valence-corrected chi connectivity index (χ4v) is 2.98. The number of carbonyl (C=O) groups is 2. The number of aromatic carboxylic acids is 1. The van der Waals surface area contributed by atoms with E-state index in [-0.39, 0.29) is 11.4 Å². The maximum absolute atomic E-state index is 11.7. The summed E-state index contributed by atoms with van der Waals surface area (Å²) in [4.78, 5) is 23.3. The normalized spacial score (nSPS) is 11.4. The van der Waals surface area contributed by atoms with Gasteiger partial charge in [-0.2, -0.15) is 0 Å². The molecule has 1 aromatic heterocycles. The van der Waals surface area contributed by atoms with E-state index in [0.717, 1.165) is 10.1 Å². The first kappa shape index (κ1) is 15.3. The lowest BCUT2D eigenvalue weighted by atomic mass is 10.1. The lowest BCUT2D eigenvalue weighted by molar-refractivity contribution is 0.0521. The fraction of sp³-hybridized carbons (Fsp3) is 0.333. The molecule has 0 aliphatic heterocycles. The van der Waals surface area contributed by atoms with Gasteiger partial charge in [0.15, 0.2) is 0 Å². The largest absolute Gasteiger partial charge is 0.477 e. The molecule has 0 aliphatic carbocycles. The maximum Gasteiger partial charge on any atom is 0.407 e. The van der Waals surface area contributed by atoms with E-state index in [4.69, 9.17) is 4.74 Å². The van der Waals surface area contributed by atoms with Crippen molar-refractivity contribution in [2.24, 2.45) is 0 Å². The molecule has 5 nitrogen and oxygen atoms in total. The summed E-state index contributed by atoms with van der Waals surface area (Å²) in [5.74, 6) is -0.989. The molecule has 2 N–H and O–H groups in total. The van der Waals surface area contributed by atoms with Crippen LogP contribution in [0.5, 0.6) is 0 Å². The van der Waals surface area contributed by atoms with Gasteiger partial charge in [0.05, 0.1) is 0 Å². The molecule has 0 saturated heterocycles. The number of carboxylic acid groups (broad SMARTS) is 1. The summed E-state index contributed by atoms with van der Waals surface area (Å²) in [6.07, 6.45) is -0.561. The Morgan fingerprint density at radius 2 is 1.95 bits per heavy atom. The molecule has 21 heavy (non-hydrogen) atoms. The number of rotatable bonds is 3. The van der Waals surface area contributed by atoms with Gasteiger partial charge in [-0.3, -0.25) is 0 Å². The quantitative estimate of drug-likeness (QED) is 0.908. The van der Waals surface area contributed by atoms with Crippen molar-refractivity contribution < 1.29 is 19.4 Å². The number of benzene rings is 1. The third kappa shape index (κ3) is 3.72. The molecule has 0 fully saturated rings. The summed E-state index contributed by atoms with van der Waals surface area (Å²) in [5, 5.41) is 12.7. The van der Waals surface area contributed by atoms with Gasteiger partial charge in [-0.15, -0.1) is 11.3 Å². The van der Waals surface area contributed by atoms with Crippen LogP contribution in [0.15, 0.2) is 24.3 Å². The average molecular weight is 307 g/mol. The topological polar surface area (TPSA) is 75.6 Å². The number of thiophene rings is 1. The third-order valence-electron chi connectivity index (χ3n) is 2.70. The Kier molecular flexibility index (Phi) is 4.18. The van der Waals surface area contributed by atoms with Gasteiger partial charge < -0.3 is 15.2 Å². The molecule has 0 unspecified atom stereocenters. The Bertz CT molecular complexity index is 685. The zero-order chi connectivity index (χ0) is 15.6. The summed E-state index contributed by atoms with van der Waals surface area (Å²) >= 11 is 1.21. The number of hydrogen-bond acceptors (Lipinski definition) is 4. The Morgan fingerprint density at radius 3 is 2.57 bits per heavy atom. The molecule has 0 spiro atoms. The van der Waals surface area contributed by atoms with Crippen LogP contribution in [0.2, 0.25) is 0 Å². The van der Waals surface area contributed by atoms with Crippen LogP contribution >= 0.6 is 11.3 Å². The van der Waals surface area contributed by atoms with Crippen LogP contribution in [0.25, 0.3) is 10.1 Å². The molecular formula is C15H17NO4S. The monoisotopic (exact) mass is 307 g/mol. The summed E-state index contributed by atoms with van der Waals surface area (Å²) in [6.45, 7) is 5.44. The van der Waals surface area contributed by atoms with Crippen LogP contribution in [-0.4, -0.2) is 22.8 Å². The molecule has 112 valence electrons. The van der Waals surface area contributed by atoms with Crippen LogP contribution in [0.4, 0.5) is 4.79 Å². The number of carbonyl (C=O) groups excluding carboxylic acids is 1. The Labute approximate surface area is 126 Å². The molecule has 0 aliphatic rings. The molecule has 0 radical (unpaired) electrons. The number of hydrogen-bond donors (Lipinski definition) is 2. The summed E-state index contributed by atoms with van der Waals surface area (Å²) < 4.78 is 6.04. The highest BCUT2D eigenvalue weighted by molar-refractivity contribution is 7.21. The molecule has 0 bridgehead atoms. The van der Waals surface area contributed by atoms with Crippen molar-refractivity contribution in [2.45, 2.75) is 32.9 Å². The van der Waals surface area contributed by atoms with Gasteiger partial charge in [0.1, 0.15) is 10.5 Å². The van der Waals surface area contributed by atoms with Gasteiger partial charge in [0, 0.05) is 16.8 Å². The van der Waals surface area contributed by atoms with Gasteiger partial charge in [0.25, 0.3) is 0 Å². The van der Waals surface area contributed by atoms with Crippen LogP contribution in [0, 0.1) is 0 Å². The number of carboxylic acids is 1. The molecule has 2 aromatic rings. The third-order valence-corrected chi connectivity index (χ3v) is 3.90. The highest BCUT2D eigenvalue weighted by Gasteiger charge is 2.20. The molecule has 0 saturated carbocycles. The van der Waals surface area contributed by atoms with E-state index >= 15 is 0 Å². The Hall–Kier alpha value is -2.08. The van der Waals surface area contributed by atoms with Crippen LogP contribution < -0.4 is 5.32 Å². The van der Waals surface area contributed by atoms with Gasteiger partial charge in [0.2, 0.25) is 0 Å². The number of fused-ring (bicyclic) bond motifs is 1. The van der Waals surface area contributed by atoms with Gasteiger partial charge in [-0.05, 0) is 32.2 Å². The molecular weight excluding hydrogens is 290 g/mol. The highest BCUT2D eigenvalue weighted by Crippen LogP contribution is 2.31. The predicted molar refractivity (Wildman–Crippen MR) is 81.9 cm³/mol. The summed E-state index contributed by atoms with van der Waals surface area (Å²) in [5.41, 5.74) is 0.0186. The minimum absolute atomic E-state index is 0.126. The van der Waals surface area contributed by atoms with Gasteiger partial charge in [-0.1, -0.05) is 18.2 Å². The van der Waals surface area contributed by atoms with Crippen LogP contribution in [-0.2, 0) is 11.3 Å². The molecule has 1 aromatic carbocycles. The zero-order valence-electron chi connectivity index (χ0n) is 12.1. The number of nitrogens with one attached hydrogen (secondary N) is 1. The van der Waals surface area contributed by atoms with Crippen molar-refractivity contribution in [1.82, 2.24) is 5.32 Å². The highest BCUT2D eigenvalue weighted by atomic mass is 32.1. The lowest BCUT2D eigenvalue weighted by Crippen LogP contribution is -2.32. The smallest absolute Gasteiger partial charge is 0.407 e. The van der Waals surface area contributed by atoms with Crippen LogP contribution in [0.3, 0.4) is 0 Å². The van der Waals surface area contributed by atoms with E-state index in [2.05, 4.69) is 5.32 Å². The number of amides is 1. The van der Waals surface area contributed by atoms with Gasteiger partial charge in [-0.25, -0.2) is 9.59 Å². The second-order valence-corrected chi connectivity index (χ2v) is 6.62. The van der Waals surface area contributed by atoms with E-state index in [1.165, 1.54) is 11.3 Å². The van der Waals surface area contributed by atoms with Crippen molar-refractivity contribution in [3.8, 4) is 0 Å². The summed E-state index contributed by atoms with van der Waals surface area (Å²) in [6, 6.07) is 7.42. The molecule has 0 atom stereocenters. The molecule has 2 rings (SSSR count). The number of alkyl carbamates (subject to hydrolysis) is 1. The van der Waals surface area contributed by atoms with E-state index in [1.54, 1.807) is 20.8 Å². The first-order chi connectivity index (χ1) is 9.78. The lowest BCUT2D eigenvalue weighted by Gasteiger charge is -2.19. The fourth-order valence-electron chi connectivity index (χ4n) is 1.92. The molecule has 1 amide bonds. The minimum atomic E-state index is -0.989. The SMILES string of the molecule is CC(C)(C)OC(=O)NCc1c(C(=O)O)sc2ccccc12. The van der Waals surface area contributed by atoms with E-state index in [9.17, 15) is 14.7 Å². The van der Waals surface area contributed by atoms with Crippen molar-refractivity contribution in [1.29, 1.82) is 0 Å². The minimum Gasteiger partial charge on any atom is -0.477 e. The van der Waals surface area contributed by atoms with Gasteiger partial charge >= 0.3 is 12.1 Å². The molecule has 6 heteroatoms. The zero-order valence-corrected chi connectivity index (χ0v) is 12.9. The van der Waals surface area contributed by atoms with Crippen molar-refractivity contribution in [3.63, 3.8) is 0 Å². The molecule has 1 heterocycles. The standard InChI is InChI=1S/C15H17NO4S/c1-15(2,3)20-14(19)16-8-10-9-6-4-5-7-11(9)21-12(10)13(17)18/h4-7H,8H2,1-3H3,(H,16,19)(H,17,18). The average Bonchev–Trinajstić information content (AvgIpc) is 2.73. The second kappa shape index (κ2) is 5.73. The Morgan fingerprint density at radius 1 is 1.29 bits per heavy atom. The van der Waals surface area contributed by atoms with Crippen molar-refractivity contribution >= 4 is 33.5 Å². The summed E-state index contributed by atoms with van der Waals surface area (Å²) in [7, 11) is 0. The van der Waals surface area contributed by atoms with Crippen molar-refractivity contribution in [3.05, 3.63) is 34.7 Å². The predicted octanol–water partition coefficient (Wildman–Crippen LogP) is 3.62. The van der Waals surface area contributed by atoms with E-state index in [0.29, 0.717) is 5.56 Å². The van der Waals surface area contributed by atoms with E-state index in [1.807, 2.05) is 24.3 Å². The van der Waals surface area contributed by atoms with E-state index < -0.39 is 17.7 Å². The van der Waals surface area contributed by atoms with Crippen molar-refractivity contribution in [2.75, 3.05) is 0 Å².